The van der Waals surface area contributed by atoms with Gasteiger partial charge in [0.2, 0.25) is 5.91 Å². The van der Waals surface area contributed by atoms with Crippen LogP contribution < -0.4 is 11.1 Å². The van der Waals surface area contributed by atoms with Crippen molar-refractivity contribution in [1.82, 2.24) is 14.9 Å². The molecule has 0 aliphatic rings. The van der Waals surface area contributed by atoms with Crippen LogP contribution in [0.1, 0.15) is 29.4 Å². The Balaban J connectivity index is 1.51. The zero-order valence-electron chi connectivity index (χ0n) is 14.7. The normalized spacial score (nSPS) is 12.3. The topological polar surface area (TPSA) is 72.9 Å². The van der Waals surface area contributed by atoms with Gasteiger partial charge >= 0.3 is 0 Å². The number of nitrogens with one attached hydrogen (secondary N) is 1. The lowest BCUT2D eigenvalue weighted by Crippen LogP contribution is -2.34. The summed E-state index contributed by atoms with van der Waals surface area (Å²) in [5.74, 6) is 0.882. The number of amides is 1. The Bertz CT molecular complexity index is 867. The number of aryl methyl sites for hydroxylation is 3. The fourth-order valence-electron chi connectivity index (χ4n) is 2.91. The number of carbonyl (C=O) groups is 1. The van der Waals surface area contributed by atoms with E-state index in [4.69, 9.17) is 5.73 Å². The number of nitrogens with two attached hydrogens (primary N) is 1. The average Bonchev–Trinajstić information content (AvgIpc) is 2.95. The Labute approximate surface area is 147 Å². The minimum atomic E-state index is -0.628. The summed E-state index contributed by atoms with van der Waals surface area (Å²) in [6.45, 7) is 2.60. The maximum Gasteiger partial charge on any atom is 0.241 e. The van der Waals surface area contributed by atoms with Gasteiger partial charge in [-0.15, -0.1) is 0 Å². The number of benzene rings is 2. The van der Waals surface area contributed by atoms with Gasteiger partial charge < -0.3 is 15.6 Å². The van der Waals surface area contributed by atoms with E-state index in [1.54, 1.807) is 0 Å². The van der Waals surface area contributed by atoms with E-state index in [1.165, 1.54) is 0 Å². The van der Waals surface area contributed by atoms with Crippen LogP contribution in [0, 0.1) is 6.92 Å². The van der Waals surface area contributed by atoms with Crippen molar-refractivity contribution in [3.63, 3.8) is 0 Å². The summed E-state index contributed by atoms with van der Waals surface area (Å²) in [5.41, 5.74) is 10.1. The molecule has 1 aromatic heterocycles. The second kappa shape index (κ2) is 7.49. The van der Waals surface area contributed by atoms with E-state index in [9.17, 15) is 4.79 Å². The molecule has 1 amide bonds. The number of carbonyl (C=O) groups excluding carboxylic acids is 1. The van der Waals surface area contributed by atoms with Crippen molar-refractivity contribution >= 4 is 16.9 Å². The number of imidazole rings is 1. The summed E-state index contributed by atoms with van der Waals surface area (Å²) in [6, 6.07) is 15.2. The Kier molecular flexibility index (Phi) is 5.14. The zero-order chi connectivity index (χ0) is 17.8. The summed E-state index contributed by atoms with van der Waals surface area (Å²) >= 11 is 0. The molecule has 5 heteroatoms. The van der Waals surface area contributed by atoms with Crippen molar-refractivity contribution in [3.8, 4) is 0 Å². The van der Waals surface area contributed by atoms with Gasteiger partial charge in [0.1, 0.15) is 11.9 Å². The van der Waals surface area contributed by atoms with Gasteiger partial charge in [0.05, 0.1) is 11.0 Å². The zero-order valence-corrected chi connectivity index (χ0v) is 14.7. The van der Waals surface area contributed by atoms with Crippen molar-refractivity contribution in [2.24, 2.45) is 12.8 Å². The Morgan fingerprint density at radius 1 is 1.20 bits per heavy atom. The van der Waals surface area contributed by atoms with E-state index in [1.807, 2.05) is 56.4 Å². The SMILES string of the molecule is Cc1ccc(C(N)C(=O)NCCCc2nc3ccccc3n2C)cc1. The average molecular weight is 336 g/mol. The third kappa shape index (κ3) is 3.88. The number of hydrogen-bond donors (Lipinski definition) is 2. The van der Waals surface area contributed by atoms with Crippen LogP contribution >= 0.6 is 0 Å². The van der Waals surface area contributed by atoms with E-state index in [0.29, 0.717) is 6.54 Å². The first-order valence-electron chi connectivity index (χ1n) is 8.56. The monoisotopic (exact) mass is 336 g/mol. The molecule has 0 bridgehead atoms. The number of para-hydroxylation sites is 2. The molecule has 0 saturated heterocycles. The van der Waals surface area contributed by atoms with Crippen molar-refractivity contribution in [1.29, 1.82) is 0 Å². The van der Waals surface area contributed by atoms with Gasteiger partial charge in [-0.3, -0.25) is 4.79 Å². The van der Waals surface area contributed by atoms with Crippen LogP contribution in [0.3, 0.4) is 0 Å². The molecule has 0 radical (unpaired) electrons. The fourth-order valence-corrected chi connectivity index (χ4v) is 2.91. The molecule has 1 atom stereocenters. The van der Waals surface area contributed by atoms with Crippen molar-refractivity contribution in [2.45, 2.75) is 25.8 Å². The third-order valence-corrected chi connectivity index (χ3v) is 4.48. The minimum absolute atomic E-state index is 0.145. The summed E-state index contributed by atoms with van der Waals surface area (Å²) in [7, 11) is 2.02. The first-order valence-corrected chi connectivity index (χ1v) is 8.56. The lowest BCUT2D eigenvalue weighted by atomic mass is 10.1. The highest BCUT2D eigenvalue weighted by Crippen LogP contribution is 2.15. The molecule has 130 valence electrons. The molecule has 5 nitrogen and oxygen atoms in total. The van der Waals surface area contributed by atoms with Crippen LogP contribution in [0.15, 0.2) is 48.5 Å². The fraction of sp³-hybridized carbons (Fsp3) is 0.300. The van der Waals surface area contributed by atoms with E-state index in [2.05, 4.69) is 20.9 Å². The van der Waals surface area contributed by atoms with E-state index in [-0.39, 0.29) is 5.91 Å². The number of nitrogens with zero attached hydrogens (tertiary/aromatic N) is 2. The quantitative estimate of drug-likeness (QED) is 0.680. The Morgan fingerprint density at radius 3 is 2.64 bits per heavy atom. The largest absolute Gasteiger partial charge is 0.354 e. The molecule has 3 rings (SSSR count). The van der Waals surface area contributed by atoms with E-state index >= 15 is 0 Å². The molecule has 3 N–H and O–H groups in total. The van der Waals surface area contributed by atoms with E-state index < -0.39 is 6.04 Å². The molecule has 0 aliphatic carbocycles. The maximum atomic E-state index is 12.2. The predicted octanol–water partition coefficient (Wildman–Crippen LogP) is 2.63. The van der Waals surface area contributed by atoms with Crippen LogP contribution in [-0.2, 0) is 18.3 Å². The van der Waals surface area contributed by atoms with Crippen LogP contribution in [-0.4, -0.2) is 22.0 Å². The summed E-state index contributed by atoms with van der Waals surface area (Å²) in [5, 5.41) is 2.92. The van der Waals surface area contributed by atoms with Crippen LogP contribution in [0.4, 0.5) is 0 Å². The van der Waals surface area contributed by atoms with Crippen molar-refractivity contribution in [2.75, 3.05) is 6.54 Å². The minimum Gasteiger partial charge on any atom is -0.354 e. The Morgan fingerprint density at radius 2 is 1.92 bits per heavy atom. The predicted molar refractivity (Wildman–Crippen MR) is 100 cm³/mol. The molecule has 0 aliphatic heterocycles. The summed E-state index contributed by atoms with van der Waals surface area (Å²) in [4.78, 5) is 16.8. The highest BCUT2D eigenvalue weighted by molar-refractivity contribution is 5.82. The molecule has 1 unspecified atom stereocenters. The molecule has 0 saturated carbocycles. The number of rotatable bonds is 6. The first kappa shape index (κ1) is 17.2. The number of fused-ring (bicyclic) bond motifs is 1. The van der Waals surface area contributed by atoms with Gasteiger partial charge in [0.25, 0.3) is 0 Å². The summed E-state index contributed by atoms with van der Waals surface area (Å²) < 4.78 is 2.11. The molecule has 3 aromatic rings. The smallest absolute Gasteiger partial charge is 0.241 e. The van der Waals surface area contributed by atoms with Gasteiger partial charge in [0, 0.05) is 20.0 Å². The Hall–Kier alpha value is -2.66. The molecule has 0 spiro atoms. The number of hydrogen-bond acceptors (Lipinski definition) is 3. The molecule has 0 fully saturated rings. The molecule has 25 heavy (non-hydrogen) atoms. The molecule has 1 heterocycles. The highest BCUT2D eigenvalue weighted by Gasteiger charge is 2.15. The number of aromatic nitrogens is 2. The van der Waals surface area contributed by atoms with Gasteiger partial charge in [-0.25, -0.2) is 4.98 Å². The standard InChI is InChI=1S/C20H24N4O/c1-14-9-11-15(12-10-14)19(21)20(25)22-13-5-8-18-23-16-6-3-4-7-17(16)24(18)2/h3-4,6-7,9-12,19H,5,8,13,21H2,1-2H3,(H,22,25). The molecular weight excluding hydrogens is 312 g/mol. The van der Waals surface area contributed by atoms with Gasteiger partial charge in [0.15, 0.2) is 0 Å². The first-order chi connectivity index (χ1) is 12.1. The van der Waals surface area contributed by atoms with Gasteiger partial charge in [-0.2, -0.15) is 0 Å². The molecular formula is C20H24N4O. The third-order valence-electron chi connectivity index (χ3n) is 4.48. The lowest BCUT2D eigenvalue weighted by Gasteiger charge is -2.13. The van der Waals surface area contributed by atoms with E-state index in [0.717, 1.165) is 40.8 Å². The lowest BCUT2D eigenvalue weighted by molar-refractivity contribution is -0.122. The maximum absolute atomic E-state index is 12.2. The molecule has 2 aromatic carbocycles. The van der Waals surface area contributed by atoms with Gasteiger partial charge in [-0.05, 0) is 31.0 Å². The van der Waals surface area contributed by atoms with Crippen LogP contribution in [0.5, 0.6) is 0 Å². The van der Waals surface area contributed by atoms with Crippen LogP contribution in [0.25, 0.3) is 11.0 Å². The second-order valence-corrected chi connectivity index (χ2v) is 6.36. The van der Waals surface area contributed by atoms with Crippen LogP contribution in [0.2, 0.25) is 0 Å². The van der Waals surface area contributed by atoms with Crippen molar-refractivity contribution in [3.05, 3.63) is 65.5 Å². The van der Waals surface area contributed by atoms with Crippen molar-refractivity contribution < 1.29 is 4.79 Å². The second-order valence-electron chi connectivity index (χ2n) is 6.36. The van der Waals surface area contributed by atoms with Gasteiger partial charge in [-0.1, -0.05) is 42.0 Å². The summed E-state index contributed by atoms with van der Waals surface area (Å²) in [6.07, 6.45) is 1.63. The highest BCUT2D eigenvalue weighted by atomic mass is 16.2.